The standard InChI is InChI=1S/C31H34N4O5/c36-27(32-20-7-2-1-3-8-20)11-6-14-34-17-28(37)35-24(31(34)38)16-22-21-9-4-5-10-23(21)33-29(22)30(35)19-12-13-25-26(15-19)40-18-39-25/h4-5,9-10,12-13,15,20,24,30,33H,1-3,6-8,11,14,16-18H2,(H,32,36)/t24-,30-/m1/s1. The number of carbonyl (C=O) groups excluding carboxylic acids is 3. The number of hydrogen-bond donors (Lipinski definition) is 2. The first-order chi connectivity index (χ1) is 19.6. The van der Waals surface area contributed by atoms with E-state index in [2.05, 4.69) is 16.4 Å². The van der Waals surface area contributed by atoms with E-state index in [1.165, 1.54) is 19.3 Å². The molecule has 2 N–H and O–H groups in total. The van der Waals surface area contributed by atoms with E-state index in [-0.39, 0.29) is 37.1 Å². The first kappa shape index (κ1) is 25.0. The third kappa shape index (κ3) is 4.37. The second kappa shape index (κ2) is 10.2. The number of benzene rings is 2. The summed E-state index contributed by atoms with van der Waals surface area (Å²) in [6.45, 7) is 0.567. The molecule has 2 aromatic carbocycles. The van der Waals surface area contributed by atoms with Crippen molar-refractivity contribution in [3.8, 4) is 11.5 Å². The van der Waals surface area contributed by atoms with Gasteiger partial charge in [-0.25, -0.2) is 0 Å². The van der Waals surface area contributed by atoms with E-state index in [0.29, 0.717) is 37.3 Å². The number of rotatable bonds is 6. The second-order valence-corrected chi connectivity index (χ2v) is 11.4. The molecule has 1 saturated heterocycles. The van der Waals surface area contributed by atoms with Crippen LogP contribution < -0.4 is 14.8 Å². The molecule has 0 radical (unpaired) electrons. The van der Waals surface area contributed by atoms with Gasteiger partial charge in [0.2, 0.25) is 24.5 Å². The molecule has 9 nitrogen and oxygen atoms in total. The van der Waals surface area contributed by atoms with Crippen LogP contribution in [0.3, 0.4) is 0 Å². The van der Waals surface area contributed by atoms with Gasteiger partial charge in [-0.2, -0.15) is 0 Å². The van der Waals surface area contributed by atoms with Crippen molar-refractivity contribution in [3.63, 3.8) is 0 Å². The van der Waals surface area contributed by atoms with E-state index in [1.807, 2.05) is 36.4 Å². The van der Waals surface area contributed by atoms with E-state index < -0.39 is 12.1 Å². The van der Waals surface area contributed by atoms with E-state index in [9.17, 15) is 14.4 Å². The molecule has 40 heavy (non-hydrogen) atoms. The van der Waals surface area contributed by atoms with Crippen LogP contribution in [0.25, 0.3) is 10.9 Å². The Kier molecular flexibility index (Phi) is 6.37. The monoisotopic (exact) mass is 542 g/mol. The molecule has 4 aliphatic rings. The van der Waals surface area contributed by atoms with E-state index in [0.717, 1.165) is 40.6 Å². The van der Waals surface area contributed by atoms with Crippen LogP contribution in [-0.4, -0.2) is 64.5 Å². The Morgan fingerprint density at radius 2 is 1.85 bits per heavy atom. The molecule has 1 aromatic heterocycles. The normalized spacial score (nSPS) is 22.4. The fraction of sp³-hybridized carbons (Fsp3) is 0.452. The molecule has 1 saturated carbocycles. The molecular formula is C31H34N4O5. The molecule has 3 aliphatic heterocycles. The Balaban J connectivity index is 1.14. The highest BCUT2D eigenvalue weighted by Crippen LogP contribution is 2.44. The number of fused-ring (bicyclic) bond motifs is 5. The van der Waals surface area contributed by atoms with Gasteiger partial charge in [0.1, 0.15) is 6.04 Å². The van der Waals surface area contributed by atoms with Crippen molar-refractivity contribution in [1.29, 1.82) is 0 Å². The highest BCUT2D eigenvalue weighted by Gasteiger charge is 2.48. The van der Waals surface area contributed by atoms with Crippen LogP contribution in [0.5, 0.6) is 11.5 Å². The smallest absolute Gasteiger partial charge is 0.246 e. The molecule has 7 rings (SSSR count). The van der Waals surface area contributed by atoms with Gasteiger partial charge in [-0.1, -0.05) is 43.5 Å². The van der Waals surface area contributed by atoms with E-state index in [1.54, 1.807) is 9.80 Å². The first-order valence-corrected chi connectivity index (χ1v) is 14.4. The Hall–Kier alpha value is -4.01. The summed E-state index contributed by atoms with van der Waals surface area (Å²) in [7, 11) is 0. The molecule has 0 unspecified atom stereocenters. The number of aromatic nitrogens is 1. The first-order valence-electron chi connectivity index (χ1n) is 14.4. The summed E-state index contributed by atoms with van der Waals surface area (Å²) in [5.74, 6) is 1.19. The summed E-state index contributed by atoms with van der Waals surface area (Å²) in [5.41, 5.74) is 3.86. The number of nitrogens with zero attached hydrogens (tertiary/aromatic N) is 2. The molecule has 9 heteroatoms. The Morgan fingerprint density at radius 1 is 1.02 bits per heavy atom. The van der Waals surface area contributed by atoms with Gasteiger partial charge in [0.25, 0.3) is 0 Å². The number of nitrogens with one attached hydrogen (secondary N) is 2. The SMILES string of the molecule is O=C(CCCN1CC(=O)N2[C@H](c3ccc4c(c3)OCO4)c3[nH]c4ccccc4c3C[C@@H]2C1=O)NC1CCCCC1. The molecule has 3 aromatic rings. The highest BCUT2D eigenvalue weighted by atomic mass is 16.7. The molecule has 2 fully saturated rings. The minimum atomic E-state index is -0.612. The Labute approximate surface area is 232 Å². The lowest BCUT2D eigenvalue weighted by molar-refractivity contribution is -0.158. The number of aromatic amines is 1. The van der Waals surface area contributed by atoms with Crippen molar-refractivity contribution < 1.29 is 23.9 Å². The number of H-pyrrole nitrogens is 1. The molecule has 3 amide bonds. The molecule has 0 bridgehead atoms. The zero-order chi connectivity index (χ0) is 27.2. The molecule has 2 atom stereocenters. The zero-order valence-electron chi connectivity index (χ0n) is 22.5. The van der Waals surface area contributed by atoms with E-state index in [4.69, 9.17) is 9.47 Å². The predicted octanol–water partition coefficient (Wildman–Crippen LogP) is 3.81. The lowest BCUT2D eigenvalue weighted by Gasteiger charge is -2.47. The summed E-state index contributed by atoms with van der Waals surface area (Å²) < 4.78 is 11.2. The average molecular weight is 543 g/mol. The molecule has 208 valence electrons. The van der Waals surface area contributed by atoms with Gasteiger partial charge in [-0.3, -0.25) is 14.4 Å². The second-order valence-electron chi connectivity index (χ2n) is 11.4. The number of piperazine rings is 1. The van der Waals surface area contributed by atoms with Crippen molar-refractivity contribution in [2.24, 2.45) is 0 Å². The average Bonchev–Trinajstić information content (AvgIpc) is 3.59. The summed E-state index contributed by atoms with van der Waals surface area (Å²) in [6.07, 6.45) is 7.00. The van der Waals surface area contributed by atoms with Gasteiger partial charge in [0.05, 0.1) is 12.6 Å². The van der Waals surface area contributed by atoms with Gasteiger partial charge in [-0.15, -0.1) is 0 Å². The number of para-hydroxylation sites is 1. The highest BCUT2D eigenvalue weighted by molar-refractivity contribution is 5.97. The summed E-state index contributed by atoms with van der Waals surface area (Å²) in [5, 5.41) is 4.22. The van der Waals surface area contributed by atoms with Gasteiger partial charge in [0.15, 0.2) is 11.5 Å². The van der Waals surface area contributed by atoms with E-state index >= 15 is 0 Å². The zero-order valence-corrected chi connectivity index (χ0v) is 22.5. The minimum absolute atomic E-state index is 0.0101. The lowest BCUT2D eigenvalue weighted by Crippen LogP contribution is -2.63. The van der Waals surface area contributed by atoms with Crippen molar-refractivity contribution in [2.75, 3.05) is 19.9 Å². The third-order valence-corrected chi connectivity index (χ3v) is 8.86. The van der Waals surface area contributed by atoms with Gasteiger partial charge in [0, 0.05) is 42.0 Å². The van der Waals surface area contributed by atoms with Gasteiger partial charge < -0.3 is 29.6 Å². The minimum Gasteiger partial charge on any atom is -0.454 e. The maximum Gasteiger partial charge on any atom is 0.246 e. The van der Waals surface area contributed by atoms with Crippen LogP contribution >= 0.6 is 0 Å². The van der Waals surface area contributed by atoms with Crippen molar-refractivity contribution in [3.05, 3.63) is 59.3 Å². The number of carbonyl (C=O) groups is 3. The fourth-order valence-corrected chi connectivity index (χ4v) is 6.92. The summed E-state index contributed by atoms with van der Waals surface area (Å²) in [6, 6.07) is 13.0. The topological polar surface area (TPSA) is 104 Å². The molecule has 0 spiro atoms. The maximum absolute atomic E-state index is 13.9. The third-order valence-electron chi connectivity index (χ3n) is 8.86. The number of hydrogen-bond acceptors (Lipinski definition) is 5. The Morgan fingerprint density at radius 3 is 2.73 bits per heavy atom. The quantitative estimate of drug-likeness (QED) is 0.493. The van der Waals surface area contributed by atoms with Crippen LogP contribution in [0, 0.1) is 0 Å². The fourth-order valence-electron chi connectivity index (χ4n) is 6.92. The largest absolute Gasteiger partial charge is 0.454 e. The van der Waals surface area contributed by atoms with Crippen LogP contribution in [0.2, 0.25) is 0 Å². The molecule has 4 heterocycles. The Bertz CT molecular complexity index is 1480. The van der Waals surface area contributed by atoms with Crippen LogP contribution in [0.1, 0.15) is 67.8 Å². The van der Waals surface area contributed by atoms with Crippen LogP contribution in [0.4, 0.5) is 0 Å². The predicted molar refractivity (Wildman–Crippen MR) is 148 cm³/mol. The van der Waals surface area contributed by atoms with Gasteiger partial charge in [-0.05, 0) is 48.6 Å². The van der Waals surface area contributed by atoms with Crippen molar-refractivity contribution >= 4 is 28.6 Å². The molecular weight excluding hydrogens is 508 g/mol. The van der Waals surface area contributed by atoms with Crippen molar-refractivity contribution in [2.45, 2.75) is 69.5 Å². The number of ether oxygens (including phenoxy) is 2. The summed E-state index contributed by atoms with van der Waals surface area (Å²) in [4.78, 5) is 47.2. The van der Waals surface area contributed by atoms with Crippen LogP contribution in [0.15, 0.2) is 42.5 Å². The molecule has 1 aliphatic carbocycles. The number of amides is 3. The van der Waals surface area contributed by atoms with Gasteiger partial charge >= 0.3 is 0 Å². The van der Waals surface area contributed by atoms with Crippen molar-refractivity contribution in [1.82, 2.24) is 20.1 Å². The summed E-state index contributed by atoms with van der Waals surface area (Å²) >= 11 is 0. The maximum atomic E-state index is 13.9. The lowest BCUT2D eigenvalue weighted by atomic mass is 9.86. The van der Waals surface area contributed by atoms with Crippen LogP contribution in [-0.2, 0) is 20.8 Å².